The zero-order chi connectivity index (χ0) is 13.8. The Labute approximate surface area is 109 Å². The van der Waals surface area contributed by atoms with Gasteiger partial charge in [-0.15, -0.1) is 0 Å². The number of nitrogens with zero attached hydrogens (tertiary/aromatic N) is 3. The molecule has 1 aromatic carbocycles. The third-order valence-corrected chi connectivity index (χ3v) is 2.66. The lowest BCUT2D eigenvalue weighted by molar-refractivity contribution is -0.384. The quantitative estimate of drug-likeness (QED) is 0.654. The highest BCUT2D eigenvalue weighted by atomic mass is 16.6. The highest BCUT2D eigenvalue weighted by molar-refractivity contribution is 5.70. The average molecular weight is 262 g/mol. The van der Waals surface area contributed by atoms with E-state index in [1.54, 1.807) is 19.1 Å². The van der Waals surface area contributed by atoms with Crippen LogP contribution in [0.15, 0.2) is 22.7 Å². The van der Waals surface area contributed by atoms with Crippen molar-refractivity contribution in [3.05, 3.63) is 39.7 Å². The summed E-state index contributed by atoms with van der Waals surface area (Å²) in [5, 5.41) is 17.9. The van der Waals surface area contributed by atoms with Crippen LogP contribution in [0, 0.1) is 17.0 Å². The van der Waals surface area contributed by atoms with Crippen molar-refractivity contribution in [3.63, 3.8) is 0 Å². The fourth-order valence-corrected chi connectivity index (χ4v) is 1.75. The largest absolute Gasteiger partial charge is 0.334 e. The van der Waals surface area contributed by atoms with E-state index in [2.05, 4.69) is 15.5 Å². The van der Waals surface area contributed by atoms with Crippen LogP contribution in [-0.2, 0) is 6.54 Å². The number of nitrogens with one attached hydrogen (secondary N) is 1. The van der Waals surface area contributed by atoms with Gasteiger partial charge in [0.25, 0.3) is 11.6 Å². The van der Waals surface area contributed by atoms with Gasteiger partial charge in [-0.2, -0.15) is 4.98 Å². The first-order chi connectivity index (χ1) is 9.13. The maximum absolute atomic E-state index is 11.0. The van der Waals surface area contributed by atoms with Gasteiger partial charge in [0.05, 0.1) is 11.5 Å². The van der Waals surface area contributed by atoms with Crippen LogP contribution in [0.4, 0.5) is 5.69 Å². The zero-order valence-corrected chi connectivity index (χ0v) is 10.7. The third kappa shape index (κ3) is 2.76. The Bertz CT molecular complexity index is 594. The highest BCUT2D eigenvalue weighted by Gasteiger charge is 2.22. The molecule has 2 aromatic rings. The monoisotopic (exact) mass is 262 g/mol. The molecule has 0 spiro atoms. The minimum absolute atomic E-state index is 0.0290. The zero-order valence-electron chi connectivity index (χ0n) is 10.7. The molecule has 0 saturated carbocycles. The molecule has 1 N–H and O–H groups in total. The second kappa shape index (κ2) is 5.57. The lowest BCUT2D eigenvalue weighted by atomic mass is 10.1. The Kier molecular flexibility index (Phi) is 3.86. The van der Waals surface area contributed by atoms with Crippen molar-refractivity contribution in [2.75, 3.05) is 6.54 Å². The van der Waals surface area contributed by atoms with Gasteiger partial charge in [0.1, 0.15) is 5.56 Å². The Morgan fingerprint density at radius 2 is 2.26 bits per heavy atom. The molecule has 100 valence electrons. The fraction of sp³-hybridized carbons (Fsp3) is 0.333. The number of hydrogen-bond acceptors (Lipinski definition) is 6. The fourth-order valence-electron chi connectivity index (χ4n) is 1.75. The van der Waals surface area contributed by atoms with Crippen LogP contribution < -0.4 is 5.32 Å². The van der Waals surface area contributed by atoms with Gasteiger partial charge < -0.3 is 9.84 Å². The number of aromatic nitrogens is 2. The average Bonchev–Trinajstić information content (AvgIpc) is 2.84. The maximum Gasteiger partial charge on any atom is 0.282 e. The summed E-state index contributed by atoms with van der Waals surface area (Å²) in [4.78, 5) is 14.8. The Morgan fingerprint density at radius 1 is 1.47 bits per heavy atom. The van der Waals surface area contributed by atoms with Crippen molar-refractivity contribution in [3.8, 4) is 11.5 Å². The molecule has 7 heteroatoms. The minimum Gasteiger partial charge on any atom is -0.334 e. The summed E-state index contributed by atoms with van der Waals surface area (Å²) in [6.07, 6.45) is 0. The van der Waals surface area contributed by atoms with Gasteiger partial charge in [-0.1, -0.05) is 24.2 Å². The molecule has 0 amide bonds. The first-order valence-electron chi connectivity index (χ1n) is 5.91. The van der Waals surface area contributed by atoms with Crippen LogP contribution >= 0.6 is 0 Å². The second-order valence-corrected chi connectivity index (χ2v) is 4.02. The molecule has 0 aliphatic carbocycles. The summed E-state index contributed by atoms with van der Waals surface area (Å²) in [5.41, 5.74) is 1.08. The Balaban J connectivity index is 2.41. The van der Waals surface area contributed by atoms with Gasteiger partial charge in [-0.25, -0.2) is 0 Å². The smallest absolute Gasteiger partial charge is 0.282 e. The standard InChI is InChI=1S/C12H14N4O3/c1-3-13-7-10-14-12(19-15-10)11-8(2)5-4-6-9(11)16(17)18/h4-6,13H,3,7H2,1-2H3. The van der Waals surface area contributed by atoms with Crippen molar-refractivity contribution in [2.24, 2.45) is 0 Å². The molecule has 0 aliphatic rings. The normalized spacial score (nSPS) is 10.6. The highest BCUT2D eigenvalue weighted by Crippen LogP contribution is 2.31. The predicted octanol–water partition coefficient (Wildman–Crippen LogP) is 2.06. The minimum atomic E-state index is -0.448. The lowest BCUT2D eigenvalue weighted by Gasteiger charge is -2.01. The summed E-state index contributed by atoms with van der Waals surface area (Å²) in [5.74, 6) is 0.659. The van der Waals surface area contributed by atoms with Crippen molar-refractivity contribution >= 4 is 5.69 Å². The second-order valence-electron chi connectivity index (χ2n) is 4.02. The summed E-state index contributed by atoms with van der Waals surface area (Å²) >= 11 is 0. The van der Waals surface area contributed by atoms with E-state index in [0.717, 1.165) is 12.1 Å². The SMILES string of the molecule is CCNCc1noc(-c2c(C)cccc2[N+](=O)[O-])n1. The summed E-state index contributed by atoms with van der Waals surface area (Å²) in [6, 6.07) is 4.83. The number of aryl methyl sites for hydroxylation is 1. The van der Waals surface area contributed by atoms with E-state index >= 15 is 0 Å². The summed E-state index contributed by atoms with van der Waals surface area (Å²) < 4.78 is 5.11. The van der Waals surface area contributed by atoms with Gasteiger partial charge in [-0.3, -0.25) is 10.1 Å². The van der Waals surface area contributed by atoms with Crippen LogP contribution in [0.5, 0.6) is 0 Å². The third-order valence-electron chi connectivity index (χ3n) is 2.66. The maximum atomic E-state index is 11.0. The molecule has 1 aromatic heterocycles. The van der Waals surface area contributed by atoms with Gasteiger partial charge in [-0.05, 0) is 19.0 Å². The molecular formula is C12H14N4O3. The Hall–Kier alpha value is -2.28. The van der Waals surface area contributed by atoms with Crippen LogP contribution in [0.3, 0.4) is 0 Å². The topological polar surface area (TPSA) is 94.1 Å². The van der Waals surface area contributed by atoms with Gasteiger partial charge in [0.15, 0.2) is 5.82 Å². The number of hydrogen-bond donors (Lipinski definition) is 1. The molecule has 7 nitrogen and oxygen atoms in total. The first-order valence-corrected chi connectivity index (χ1v) is 5.91. The van der Waals surface area contributed by atoms with E-state index in [-0.39, 0.29) is 11.6 Å². The van der Waals surface area contributed by atoms with E-state index in [9.17, 15) is 10.1 Å². The number of benzene rings is 1. The molecule has 0 fully saturated rings. The van der Waals surface area contributed by atoms with E-state index < -0.39 is 4.92 Å². The van der Waals surface area contributed by atoms with Gasteiger partial charge >= 0.3 is 0 Å². The van der Waals surface area contributed by atoms with E-state index in [1.807, 2.05) is 6.92 Å². The molecule has 19 heavy (non-hydrogen) atoms. The summed E-state index contributed by atoms with van der Waals surface area (Å²) in [7, 11) is 0. The van der Waals surface area contributed by atoms with Crippen LogP contribution in [-0.4, -0.2) is 21.6 Å². The van der Waals surface area contributed by atoms with Crippen molar-refractivity contribution < 1.29 is 9.45 Å². The van der Waals surface area contributed by atoms with Crippen LogP contribution in [0.2, 0.25) is 0 Å². The molecule has 0 radical (unpaired) electrons. The predicted molar refractivity (Wildman–Crippen MR) is 68.5 cm³/mol. The van der Waals surface area contributed by atoms with Crippen LogP contribution in [0.25, 0.3) is 11.5 Å². The molecule has 0 atom stereocenters. The van der Waals surface area contributed by atoms with E-state index in [0.29, 0.717) is 17.9 Å². The van der Waals surface area contributed by atoms with E-state index in [1.165, 1.54) is 6.07 Å². The van der Waals surface area contributed by atoms with Gasteiger partial charge in [0.2, 0.25) is 0 Å². The van der Waals surface area contributed by atoms with Gasteiger partial charge in [0, 0.05) is 6.07 Å². The van der Waals surface area contributed by atoms with Crippen molar-refractivity contribution in [2.45, 2.75) is 20.4 Å². The molecule has 0 unspecified atom stereocenters. The lowest BCUT2D eigenvalue weighted by Crippen LogP contribution is -2.12. The first kappa shape index (κ1) is 13.2. The van der Waals surface area contributed by atoms with Crippen molar-refractivity contribution in [1.82, 2.24) is 15.5 Å². The molecule has 0 saturated heterocycles. The van der Waals surface area contributed by atoms with Crippen molar-refractivity contribution in [1.29, 1.82) is 0 Å². The molecule has 0 aliphatic heterocycles. The number of nitro groups is 1. The summed E-state index contributed by atoms with van der Waals surface area (Å²) in [6.45, 7) is 5.00. The van der Waals surface area contributed by atoms with Crippen LogP contribution in [0.1, 0.15) is 18.3 Å². The molecule has 0 bridgehead atoms. The molecule has 1 heterocycles. The van der Waals surface area contributed by atoms with E-state index in [4.69, 9.17) is 4.52 Å². The molecular weight excluding hydrogens is 248 g/mol. The molecule has 2 rings (SSSR count). The number of nitro benzene ring substituents is 1. The Morgan fingerprint density at radius 3 is 2.95 bits per heavy atom. The number of rotatable bonds is 5.